The van der Waals surface area contributed by atoms with Gasteiger partial charge in [0.2, 0.25) is 11.8 Å². The zero-order valence-electron chi connectivity index (χ0n) is 13.2. The third-order valence-electron chi connectivity index (χ3n) is 4.85. The molecule has 2 fully saturated rings. The summed E-state index contributed by atoms with van der Waals surface area (Å²) >= 11 is 0. The number of carbonyl (C=O) groups excluding carboxylic acids is 2. The standard InChI is InChI=1S/C18H23FN2O2/c19-14-7-5-12(6-8-14)15-11-16(15)18(23)21-10-2-9-20-17(22)13-3-1-4-13/h5-8,13,15-16H,1-4,9-11H2,(H,20,22)(H,21,23)/t15-,16+/m0/s1. The van der Waals surface area contributed by atoms with Crippen molar-refractivity contribution in [1.29, 1.82) is 0 Å². The molecular formula is C18H23FN2O2. The van der Waals surface area contributed by atoms with Crippen LogP contribution in [0.2, 0.25) is 0 Å². The lowest BCUT2D eigenvalue weighted by atomic mass is 9.85. The Bertz CT molecular complexity index is 569. The van der Waals surface area contributed by atoms with Crippen LogP contribution in [0.1, 0.15) is 43.6 Å². The van der Waals surface area contributed by atoms with Gasteiger partial charge in [-0.1, -0.05) is 18.6 Å². The normalized spacial score (nSPS) is 23.0. The highest BCUT2D eigenvalue weighted by Gasteiger charge is 2.43. The maximum absolute atomic E-state index is 12.9. The average molecular weight is 318 g/mol. The topological polar surface area (TPSA) is 58.2 Å². The van der Waals surface area contributed by atoms with Crippen LogP contribution in [0.15, 0.2) is 24.3 Å². The van der Waals surface area contributed by atoms with E-state index in [4.69, 9.17) is 0 Å². The quantitative estimate of drug-likeness (QED) is 0.758. The van der Waals surface area contributed by atoms with Gasteiger partial charge in [0, 0.05) is 24.9 Å². The Hall–Kier alpha value is -1.91. The molecule has 0 unspecified atom stereocenters. The van der Waals surface area contributed by atoms with Crippen LogP contribution >= 0.6 is 0 Å². The summed E-state index contributed by atoms with van der Waals surface area (Å²) in [6, 6.07) is 6.38. The lowest BCUT2D eigenvalue weighted by molar-refractivity contribution is -0.127. The molecule has 3 rings (SSSR count). The van der Waals surface area contributed by atoms with Crippen molar-refractivity contribution >= 4 is 11.8 Å². The van der Waals surface area contributed by atoms with E-state index in [-0.39, 0.29) is 35.4 Å². The largest absolute Gasteiger partial charge is 0.356 e. The molecule has 0 bridgehead atoms. The molecule has 1 aromatic rings. The van der Waals surface area contributed by atoms with Crippen LogP contribution in [0.5, 0.6) is 0 Å². The summed E-state index contributed by atoms with van der Waals surface area (Å²) in [5, 5.41) is 5.84. The molecule has 2 amide bonds. The SMILES string of the molecule is O=C(NCCCNC(=O)[C@@H]1C[C@H]1c1ccc(F)cc1)C1CCC1. The molecule has 2 N–H and O–H groups in total. The van der Waals surface area contributed by atoms with Gasteiger partial charge in [0.05, 0.1) is 0 Å². The third kappa shape index (κ3) is 4.09. The molecule has 2 atom stereocenters. The number of halogens is 1. The zero-order valence-corrected chi connectivity index (χ0v) is 13.2. The van der Waals surface area contributed by atoms with Crippen LogP contribution in [0.4, 0.5) is 4.39 Å². The van der Waals surface area contributed by atoms with Crippen molar-refractivity contribution in [2.45, 2.75) is 38.0 Å². The van der Waals surface area contributed by atoms with E-state index in [0.717, 1.165) is 37.7 Å². The fourth-order valence-corrected chi connectivity index (χ4v) is 3.02. The van der Waals surface area contributed by atoms with Gasteiger partial charge in [-0.25, -0.2) is 4.39 Å². The highest BCUT2D eigenvalue weighted by molar-refractivity contribution is 5.83. The molecule has 5 heteroatoms. The second-order valence-electron chi connectivity index (χ2n) is 6.56. The van der Waals surface area contributed by atoms with Gasteiger partial charge in [0.25, 0.3) is 0 Å². The van der Waals surface area contributed by atoms with Gasteiger partial charge >= 0.3 is 0 Å². The van der Waals surface area contributed by atoms with Crippen molar-refractivity contribution in [3.8, 4) is 0 Å². The minimum Gasteiger partial charge on any atom is -0.356 e. The van der Waals surface area contributed by atoms with Crippen molar-refractivity contribution in [1.82, 2.24) is 10.6 Å². The number of rotatable bonds is 7. The van der Waals surface area contributed by atoms with E-state index < -0.39 is 0 Å². The highest BCUT2D eigenvalue weighted by atomic mass is 19.1. The highest BCUT2D eigenvalue weighted by Crippen LogP contribution is 2.47. The number of nitrogens with one attached hydrogen (secondary N) is 2. The lowest BCUT2D eigenvalue weighted by Crippen LogP contribution is -2.36. The van der Waals surface area contributed by atoms with Crippen LogP contribution in [0.3, 0.4) is 0 Å². The van der Waals surface area contributed by atoms with E-state index in [0.29, 0.717) is 13.1 Å². The first-order chi connectivity index (χ1) is 11.1. The van der Waals surface area contributed by atoms with Crippen LogP contribution in [0.25, 0.3) is 0 Å². The molecule has 2 aliphatic rings. The summed E-state index contributed by atoms with van der Waals surface area (Å²) in [6.07, 6.45) is 4.75. The minimum atomic E-state index is -0.251. The fraction of sp³-hybridized carbons (Fsp3) is 0.556. The molecule has 0 heterocycles. The maximum atomic E-state index is 12.9. The van der Waals surface area contributed by atoms with Crippen LogP contribution < -0.4 is 10.6 Å². The van der Waals surface area contributed by atoms with Gasteiger partial charge in [-0.05, 0) is 49.3 Å². The van der Waals surface area contributed by atoms with Crippen molar-refractivity contribution in [2.24, 2.45) is 11.8 Å². The first-order valence-corrected chi connectivity index (χ1v) is 8.46. The lowest BCUT2D eigenvalue weighted by Gasteiger charge is -2.23. The average Bonchev–Trinajstić information content (AvgIpc) is 3.26. The van der Waals surface area contributed by atoms with Gasteiger partial charge in [0.1, 0.15) is 5.82 Å². The Balaban J connectivity index is 1.30. The molecule has 124 valence electrons. The monoisotopic (exact) mass is 318 g/mol. The van der Waals surface area contributed by atoms with Gasteiger partial charge in [0.15, 0.2) is 0 Å². The molecule has 0 saturated heterocycles. The molecule has 23 heavy (non-hydrogen) atoms. The number of benzene rings is 1. The van der Waals surface area contributed by atoms with Crippen LogP contribution in [-0.2, 0) is 9.59 Å². The molecule has 0 aromatic heterocycles. The number of hydrogen-bond donors (Lipinski definition) is 2. The predicted molar refractivity (Wildman–Crippen MR) is 85.2 cm³/mol. The van der Waals surface area contributed by atoms with Gasteiger partial charge in [-0.2, -0.15) is 0 Å². The fourth-order valence-electron chi connectivity index (χ4n) is 3.02. The molecule has 2 aliphatic carbocycles. The molecule has 0 radical (unpaired) electrons. The Kier molecular flexibility index (Phi) is 4.94. The second kappa shape index (κ2) is 7.11. The number of hydrogen-bond acceptors (Lipinski definition) is 2. The van der Waals surface area contributed by atoms with E-state index in [1.165, 1.54) is 12.1 Å². The molecule has 0 spiro atoms. The molecular weight excluding hydrogens is 295 g/mol. The molecule has 0 aliphatic heterocycles. The summed E-state index contributed by atoms with van der Waals surface area (Å²) in [6.45, 7) is 1.19. The summed E-state index contributed by atoms with van der Waals surface area (Å²) in [7, 11) is 0. The van der Waals surface area contributed by atoms with E-state index in [1.807, 2.05) is 0 Å². The number of amides is 2. The summed E-state index contributed by atoms with van der Waals surface area (Å²) < 4.78 is 12.9. The van der Waals surface area contributed by atoms with Crippen LogP contribution in [0, 0.1) is 17.7 Å². The van der Waals surface area contributed by atoms with E-state index in [2.05, 4.69) is 10.6 Å². The second-order valence-corrected chi connectivity index (χ2v) is 6.56. The first-order valence-electron chi connectivity index (χ1n) is 8.46. The smallest absolute Gasteiger partial charge is 0.223 e. The summed E-state index contributed by atoms with van der Waals surface area (Å²) in [5.41, 5.74) is 1.03. The van der Waals surface area contributed by atoms with Crippen molar-refractivity contribution in [3.63, 3.8) is 0 Å². The van der Waals surface area contributed by atoms with E-state index >= 15 is 0 Å². The molecule has 2 saturated carbocycles. The summed E-state index contributed by atoms with van der Waals surface area (Å²) in [4.78, 5) is 23.7. The van der Waals surface area contributed by atoms with Crippen molar-refractivity contribution in [2.75, 3.05) is 13.1 Å². The van der Waals surface area contributed by atoms with E-state index in [9.17, 15) is 14.0 Å². The summed E-state index contributed by atoms with van der Waals surface area (Å²) in [5.74, 6) is 0.400. The van der Waals surface area contributed by atoms with Crippen LogP contribution in [-0.4, -0.2) is 24.9 Å². The van der Waals surface area contributed by atoms with Gasteiger partial charge in [-0.3, -0.25) is 9.59 Å². The predicted octanol–water partition coefficient (Wildman–Crippen LogP) is 2.35. The minimum absolute atomic E-state index is 0.00466. The van der Waals surface area contributed by atoms with E-state index in [1.54, 1.807) is 12.1 Å². The third-order valence-corrected chi connectivity index (χ3v) is 4.85. The van der Waals surface area contributed by atoms with Crippen molar-refractivity contribution < 1.29 is 14.0 Å². The Morgan fingerprint density at radius 1 is 1.04 bits per heavy atom. The number of carbonyl (C=O) groups is 2. The Morgan fingerprint density at radius 3 is 2.30 bits per heavy atom. The Labute approximate surface area is 135 Å². The first kappa shape index (κ1) is 16.0. The Morgan fingerprint density at radius 2 is 1.70 bits per heavy atom. The zero-order chi connectivity index (χ0) is 16.2. The maximum Gasteiger partial charge on any atom is 0.223 e. The molecule has 1 aromatic carbocycles. The van der Waals surface area contributed by atoms with Crippen molar-refractivity contribution in [3.05, 3.63) is 35.6 Å². The van der Waals surface area contributed by atoms with Gasteiger partial charge in [-0.15, -0.1) is 0 Å². The molecule has 4 nitrogen and oxygen atoms in total. The van der Waals surface area contributed by atoms with Gasteiger partial charge < -0.3 is 10.6 Å².